The molecule has 0 atom stereocenters. The topological polar surface area (TPSA) is 37.8 Å². The van der Waals surface area contributed by atoms with Crippen LogP contribution in [0.25, 0.3) is 0 Å². The molecule has 1 rings (SSSR count). The molecule has 1 N–H and O–H groups in total. The lowest BCUT2D eigenvalue weighted by atomic mass is 10.3. The van der Waals surface area contributed by atoms with Crippen LogP contribution in [0.3, 0.4) is 0 Å². The molecule has 0 aliphatic heterocycles. The Bertz CT molecular complexity index is 250. The average molecular weight is 231 g/mol. The van der Waals surface area contributed by atoms with Gasteiger partial charge in [-0.1, -0.05) is 18.7 Å². The molecule has 0 bridgehead atoms. The minimum Gasteiger partial charge on any atom is -0.317 e. The summed E-state index contributed by atoms with van der Waals surface area (Å²) in [5.74, 6) is 2.05. The van der Waals surface area contributed by atoms with Crippen molar-refractivity contribution in [3.63, 3.8) is 0 Å². The Hall–Kier alpha value is -0.130. The number of nitrogens with zero attached hydrogens (tertiary/aromatic N) is 2. The van der Waals surface area contributed by atoms with Gasteiger partial charge in [0.1, 0.15) is 5.82 Å². The van der Waals surface area contributed by atoms with Crippen molar-refractivity contribution < 1.29 is 0 Å². The van der Waals surface area contributed by atoms with Gasteiger partial charge in [-0.2, -0.15) is 4.37 Å². The van der Waals surface area contributed by atoms with E-state index in [0.29, 0.717) is 0 Å². The smallest absolute Gasteiger partial charge is 0.170 e. The lowest BCUT2D eigenvalue weighted by Gasteiger charge is -1.99. The molecule has 1 aromatic heterocycles. The minimum atomic E-state index is 0.894. The van der Waals surface area contributed by atoms with Crippen LogP contribution in [0, 0.1) is 6.92 Å². The van der Waals surface area contributed by atoms with Crippen LogP contribution in [0.5, 0.6) is 0 Å². The third-order valence-electron chi connectivity index (χ3n) is 1.73. The zero-order valence-electron chi connectivity index (χ0n) is 8.75. The second-order valence-electron chi connectivity index (χ2n) is 3.02. The maximum Gasteiger partial charge on any atom is 0.170 e. The Morgan fingerprint density at radius 2 is 2.29 bits per heavy atom. The van der Waals surface area contributed by atoms with E-state index < -0.39 is 0 Å². The third kappa shape index (κ3) is 4.93. The van der Waals surface area contributed by atoms with E-state index in [4.69, 9.17) is 0 Å². The molecule has 0 saturated heterocycles. The van der Waals surface area contributed by atoms with Crippen molar-refractivity contribution in [1.29, 1.82) is 0 Å². The number of hydrogen-bond acceptors (Lipinski definition) is 5. The summed E-state index contributed by atoms with van der Waals surface area (Å²) in [6.45, 7) is 6.28. The SMILES string of the molecule is CCNCCCCSc1nc(C)ns1. The van der Waals surface area contributed by atoms with Crippen LogP contribution in [0.4, 0.5) is 0 Å². The first-order chi connectivity index (χ1) is 6.83. The van der Waals surface area contributed by atoms with Crippen molar-refractivity contribution in [3.05, 3.63) is 5.82 Å². The summed E-state index contributed by atoms with van der Waals surface area (Å²) >= 11 is 3.32. The van der Waals surface area contributed by atoms with E-state index >= 15 is 0 Å². The summed E-state index contributed by atoms with van der Waals surface area (Å²) in [6, 6.07) is 0. The highest BCUT2D eigenvalue weighted by molar-refractivity contribution is 8.00. The summed E-state index contributed by atoms with van der Waals surface area (Å²) in [6.07, 6.45) is 2.49. The molecule has 0 aromatic carbocycles. The number of rotatable bonds is 7. The number of thioether (sulfide) groups is 1. The molecule has 0 radical (unpaired) electrons. The van der Waals surface area contributed by atoms with Gasteiger partial charge in [0.05, 0.1) is 0 Å². The molecule has 3 nitrogen and oxygen atoms in total. The lowest BCUT2D eigenvalue weighted by molar-refractivity contribution is 0.666. The molecule has 80 valence electrons. The molecule has 1 heterocycles. The first kappa shape index (κ1) is 11.9. The van der Waals surface area contributed by atoms with Gasteiger partial charge in [0.2, 0.25) is 0 Å². The van der Waals surface area contributed by atoms with Crippen LogP contribution in [-0.4, -0.2) is 28.2 Å². The summed E-state index contributed by atoms with van der Waals surface area (Å²) in [4.78, 5) is 4.30. The van der Waals surface area contributed by atoms with Crippen molar-refractivity contribution in [2.24, 2.45) is 0 Å². The Morgan fingerprint density at radius 1 is 1.43 bits per heavy atom. The zero-order valence-corrected chi connectivity index (χ0v) is 10.4. The number of nitrogens with one attached hydrogen (secondary N) is 1. The van der Waals surface area contributed by atoms with Gasteiger partial charge >= 0.3 is 0 Å². The number of aromatic nitrogens is 2. The van der Waals surface area contributed by atoms with Gasteiger partial charge in [0.25, 0.3) is 0 Å². The molecule has 14 heavy (non-hydrogen) atoms. The Balaban J connectivity index is 1.99. The molecule has 0 amide bonds. The molecular formula is C9H17N3S2. The molecule has 0 saturated carbocycles. The van der Waals surface area contributed by atoms with Gasteiger partial charge in [-0.05, 0) is 44.4 Å². The van der Waals surface area contributed by atoms with E-state index in [1.54, 1.807) is 0 Å². The summed E-state index contributed by atoms with van der Waals surface area (Å²) in [7, 11) is 0. The normalized spacial score (nSPS) is 10.7. The second kappa shape index (κ2) is 7.20. The lowest BCUT2D eigenvalue weighted by Crippen LogP contribution is -2.13. The van der Waals surface area contributed by atoms with E-state index in [9.17, 15) is 0 Å². The van der Waals surface area contributed by atoms with Crippen LogP contribution in [0.15, 0.2) is 4.34 Å². The average Bonchev–Trinajstić information content (AvgIpc) is 2.58. The van der Waals surface area contributed by atoms with Crippen molar-refractivity contribution in [2.75, 3.05) is 18.8 Å². The standard InChI is InChI=1S/C9H17N3S2/c1-3-10-6-4-5-7-13-9-11-8(2)12-14-9/h10H,3-7H2,1-2H3. The maximum absolute atomic E-state index is 4.30. The summed E-state index contributed by atoms with van der Waals surface area (Å²) in [5.41, 5.74) is 0. The molecular weight excluding hydrogens is 214 g/mol. The van der Waals surface area contributed by atoms with Crippen LogP contribution in [0.1, 0.15) is 25.6 Å². The number of hydrogen-bond donors (Lipinski definition) is 1. The fraction of sp³-hybridized carbons (Fsp3) is 0.778. The van der Waals surface area contributed by atoms with Crippen LogP contribution >= 0.6 is 23.3 Å². The number of unbranched alkanes of at least 4 members (excludes halogenated alkanes) is 1. The first-order valence-electron chi connectivity index (χ1n) is 4.96. The van der Waals surface area contributed by atoms with Gasteiger partial charge in [-0.25, -0.2) is 4.98 Å². The van der Waals surface area contributed by atoms with Gasteiger partial charge in [-0.15, -0.1) is 0 Å². The Kier molecular flexibility index (Phi) is 6.14. The van der Waals surface area contributed by atoms with Gasteiger partial charge in [-0.3, -0.25) is 0 Å². The predicted octanol–water partition coefficient (Wildman–Crippen LogP) is 2.33. The Morgan fingerprint density at radius 3 is 2.93 bits per heavy atom. The Labute approximate surface area is 93.9 Å². The fourth-order valence-corrected chi connectivity index (χ4v) is 2.74. The van der Waals surface area contributed by atoms with Crippen LogP contribution < -0.4 is 5.32 Å². The summed E-state index contributed by atoms with van der Waals surface area (Å²) < 4.78 is 5.25. The van der Waals surface area contributed by atoms with Crippen molar-refractivity contribution in [3.8, 4) is 0 Å². The fourth-order valence-electron chi connectivity index (χ4n) is 1.02. The molecule has 0 aliphatic rings. The first-order valence-corrected chi connectivity index (χ1v) is 6.72. The molecule has 0 aliphatic carbocycles. The van der Waals surface area contributed by atoms with E-state index in [0.717, 1.165) is 29.0 Å². The van der Waals surface area contributed by atoms with E-state index in [1.807, 2.05) is 18.7 Å². The van der Waals surface area contributed by atoms with Crippen molar-refractivity contribution >= 4 is 23.3 Å². The van der Waals surface area contributed by atoms with Crippen molar-refractivity contribution in [1.82, 2.24) is 14.7 Å². The summed E-state index contributed by atoms with van der Waals surface area (Å²) in [5, 5.41) is 3.32. The molecule has 1 aromatic rings. The highest BCUT2D eigenvalue weighted by atomic mass is 32.2. The minimum absolute atomic E-state index is 0.894. The largest absolute Gasteiger partial charge is 0.317 e. The quantitative estimate of drug-likeness (QED) is 0.577. The molecule has 0 spiro atoms. The van der Waals surface area contributed by atoms with Crippen molar-refractivity contribution in [2.45, 2.75) is 31.0 Å². The van der Waals surface area contributed by atoms with E-state index in [2.05, 4.69) is 21.6 Å². The third-order valence-corrected chi connectivity index (χ3v) is 3.74. The van der Waals surface area contributed by atoms with Gasteiger partial charge < -0.3 is 5.32 Å². The molecule has 0 fully saturated rings. The zero-order chi connectivity index (χ0) is 10.2. The highest BCUT2D eigenvalue weighted by Crippen LogP contribution is 2.20. The predicted molar refractivity (Wildman–Crippen MR) is 63.1 cm³/mol. The maximum atomic E-state index is 4.30. The van der Waals surface area contributed by atoms with Crippen LogP contribution in [0.2, 0.25) is 0 Å². The highest BCUT2D eigenvalue weighted by Gasteiger charge is 1.99. The van der Waals surface area contributed by atoms with Gasteiger partial charge in [0.15, 0.2) is 4.34 Å². The van der Waals surface area contributed by atoms with Crippen LogP contribution in [-0.2, 0) is 0 Å². The molecule has 0 unspecified atom stereocenters. The second-order valence-corrected chi connectivity index (χ2v) is 5.11. The van der Waals surface area contributed by atoms with E-state index in [-0.39, 0.29) is 0 Å². The van der Waals surface area contributed by atoms with Gasteiger partial charge in [0, 0.05) is 5.75 Å². The number of aryl methyl sites for hydroxylation is 1. The monoisotopic (exact) mass is 231 g/mol. The molecule has 5 heteroatoms. The van der Waals surface area contributed by atoms with E-state index in [1.165, 1.54) is 24.4 Å².